The van der Waals surface area contributed by atoms with Gasteiger partial charge in [0.05, 0.1) is 11.4 Å². The van der Waals surface area contributed by atoms with Gasteiger partial charge >= 0.3 is 6.09 Å². The van der Waals surface area contributed by atoms with Crippen LogP contribution in [-0.2, 0) is 11.3 Å². The van der Waals surface area contributed by atoms with Crippen molar-refractivity contribution in [3.63, 3.8) is 0 Å². The van der Waals surface area contributed by atoms with Crippen LogP contribution < -0.4 is 4.74 Å². The van der Waals surface area contributed by atoms with Crippen LogP contribution in [0.1, 0.15) is 39.0 Å². The van der Waals surface area contributed by atoms with Gasteiger partial charge in [0, 0.05) is 25.4 Å². The van der Waals surface area contributed by atoms with Crippen molar-refractivity contribution >= 4 is 11.7 Å². The number of amides is 1. The second kappa shape index (κ2) is 9.62. The molecule has 0 fully saturated rings. The van der Waals surface area contributed by atoms with E-state index in [-0.39, 0.29) is 24.4 Å². The lowest BCUT2D eigenvalue weighted by atomic mass is 9.91. The minimum Gasteiger partial charge on any atom is -0.484 e. The zero-order valence-corrected chi connectivity index (χ0v) is 19.7. The number of pyridine rings is 1. The number of ether oxygens (including phenoxy) is 2. The number of benzene rings is 1. The smallest absolute Gasteiger partial charge is 0.410 e. The zero-order chi connectivity index (χ0) is 24.3. The number of hydrogen-bond acceptors (Lipinski definition) is 6. The first-order chi connectivity index (χ1) is 16.2. The molecule has 0 radical (unpaired) electrons. The van der Waals surface area contributed by atoms with Gasteiger partial charge in [0.2, 0.25) is 0 Å². The van der Waals surface area contributed by atoms with Crippen LogP contribution in [-0.4, -0.2) is 49.4 Å². The topological polar surface area (TPSA) is 82.4 Å². The maximum absolute atomic E-state index is 14.4. The molecule has 1 aliphatic rings. The molecule has 9 heteroatoms. The molecule has 34 heavy (non-hydrogen) atoms. The fraction of sp³-hybridized carbons (Fsp3) is 0.360. The van der Waals surface area contributed by atoms with Crippen LogP contribution in [0.25, 0.3) is 11.3 Å². The highest BCUT2D eigenvalue weighted by molar-refractivity contribution is 5.73. The zero-order valence-electron chi connectivity index (χ0n) is 19.7. The van der Waals surface area contributed by atoms with Crippen molar-refractivity contribution in [3.8, 4) is 11.4 Å². The summed E-state index contributed by atoms with van der Waals surface area (Å²) in [6.07, 6.45) is 6.41. The molecule has 0 saturated heterocycles. The van der Waals surface area contributed by atoms with Gasteiger partial charge in [0.15, 0.2) is 11.6 Å². The lowest BCUT2D eigenvalue weighted by Crippen LogP contribution is -2.41. The first-order valence-electron chi connectivity index (χ1n) is 11.1. The molecule has 8 nitrogen and oxygen atoms in total. The maximum atomic E-state index is 14.4. The Morgan fingerprint density at radius 3 is 2.68 bits per heavy atom. The number of rotatable bonds is 5. The highest BCUT2D eigenvalue weighted by atomic mass is 19.1. The van der Waals surface area contributed by atoms with Gasteiger partial charge < -0.3 is 14.4 Å². The third-order valence-corrected chi connectivity index (χ3v) is 5.34. The summed E-state index contributed by atoms with van der Waals surface area (Å²) in [7, 11) is 0. The number of aromatic nitrogens is 4. The molecule has 1 atom stereocenters. The van der Waals surface area contributed by atoms with Gasteiger partial charge in [0.1, 0.15) is 24.9 Å². The van der Waals surface area contributed by atoms with Crippen molar-refractivity contribution in [1.82, 2.24) is 24.6 Å². The maximum Gasteiger partial charge on any atom is 0.410 e. The van der Waals surface area contributed by atoms with E-state index in [9.17, 15) is 9.18 Å². The highest BCUT2D eigenvalue weighted by Gasteiger charge is 2.27. The van der Waals surface area contributed by atoms with Crippen molar-refractivity contribution in [1.29, 1.82) is 0 Å². The largest absolute Gasteiger partial charge is 0.484 e. The normalized spacial score (nSPS) is 16.2. The molecule has 0 aliphatic carbocycles. The van der Waals surface area contributed by atoms with Crippen LogP contribution in [0.3, 0.4) is 0 Å². The van der Waals surface area contributed by atoms with Crippen molar-refractivity contribution in [3.05, 3.63) is 72.3 Å². The van der Waals surface area contributed by atoms with Gasteiger partial charge in [-0.1, -0.05) is 19.1 Å². The van der Waals surface area contributed by atoms with E-state index in [0.717, 1.165) is 11.1 Å². The van der Waals surface area contributed by atoms with E-state index >= 15 is 0 Å². The van der Waals surface area contributed by atoms with Crippen molar-refractivity contribution in [2.45, 2.75) is 39.9 Å². The van der Waals surface area contributed by atoms with Crippen LogP contribution in [0.15, 0.2) is 55.3 Å². The predicted molar refractivity (Wildman–Crippen MR) is 125 cm³/mol. The summed E-state index contributed by atoms with van der Waals surface area (Å²) in [5.41, 5.74) is 2.85. The molecule has 1 unspecified atom stereocenters. The third kappa shape index (κ3) is 5.59. The van der Waals surface area contributed by atoms with Gasteiger partial charge in [-0.15, -0.1) is 0 Å². The second-order valence-electron chi connectivity index (χ2n) is 9.23. The van der Waals surface area contributed by atoms with Crippen LogP contribution in [0.5, 0.6) is 5.75 Å². The molecular formula is C25H28FN5O3. The number of carbonyl (C=O) groups excluding carboxylic acids is 1. The Bertz CT molecular complexity index is 1170. The lowest BCUT2D eigenvalue weighted by molar-refractivity contribution is 0.0251. The Morgan fingerprint density at radius 2 is 2.06 bits per heavy atom. The van der Waals surface area contributed by atoms with Crippen molar-refractivity contribution in [2.24, 2.45) is 5.92 Å². The fourth-order valence-electron chi connectivity index (χ4n) is 3.71. The van der Waals surface area contributed by atoms with E-state index in [2.05, 4.69) is 22.0 Å². The van der Waals surface area contributed by atoms with Gasteiger partial charge in [-0.3, -0.25) is 4.98 Å². The molecule has 0 spiro atoms. The second-order valence-corrected chi connectivity index (χ2v) is 9.23. The Balaban J connectivity index is 1.37. The van der Waals surface area contributed by atoms with E-state index in [1.54, 1.807) is 23.2 Å². The molecule has 0 bridgehead atoms. The fourth-order valence-corrected chi connectivity index (χ4v) is 3.71. The summed E-state index contributed by atoms with van der Waals surface area (Å²) in [5.74, 6) is -0.205. The molecule has 0 N–H and O–H groups in total. The van der Waals surface area contributed by atoms with E-state index in [1.807, 2.05) is 39.0 Å². The van der Waals surface area contributed by atoms with Crippen LogP contribution in [0, 0.1) is 11.7 Å². The highest BCUT2D eigenvalue weighted by Crippen LogP contribution is 2.28. The minimum absolute atomic E-state index is 0.139. The monoisotopic (exact) mass is 465 g/mol. The average molecular weight is 466 g/mol. The first kappa shape index (κ1) is 23.4. The molecule has 1 aliphatic heterocycles. The summed E-state index contributed by atoms with van der Waals surface area (Å²) in [6, 6.07) is 8.46. The lowest BCUT2D eigenvalue weighted by Gasteiger charge is -2.33. The van der Waals surface area contributed by atoms with E-state index in [1.165, 1.54) is 23.4 Å². The number of carbonyl (C=O) groups is 1. The summed E-state index contributed by atoms with van der Waals surface area (Å²) in [6.45, 7) is 8.86. The molecule has 1 aromatic carbocycles. The number of hydrogen-bond donors (Lipinski definition) is 0. The van der Waals surface area contributed by atoms with Crippen LogP contribution in [0.2, 0.25) is 0 Å². The van der Waals surface area contributed by atoms with Gasteiger partial charge in [0.25, 0.3) is 0 Å². The van der Waals surface area contributed by atoms with Crippen LogP contribution >= 0.6 is 0 Å². The van der Waals surface area contributed by atoms with E-state index in [0.29, 0.717) is 24.5 Å². The van der Waals surface area contributed by atoms with Gasteiger partial charge in [-0.2, -0.15) is 5.10 Å². The molecule has 178 valence electrons. The quantitative estimate of drug-likeness (QED) is 0.546. The van der Waals surface area contributed by atoms with Gasteiger partial charge in [-0.05, 0) is 56.0 Å². The average Bonchev–Trinajstić information content (AvgIpc) is 3.32. The van der Waals surface area contributed by atoms with E-state index in [4.69, 9.17) is 9.47 Å². The van der Waals surface area contributed by atoms with Gasteiger partial charge in [-0.25, -0.2) is 18.9 Å². The van der Waals surface area contributed by atoms with Crippen molar-refractivity contribution < 1.29 is 18.7 Å². The van der Waals surface area contributed by atoms with Crippen molar-refractivity contribution in [2.75, 3.05) is 13.1 Å². The van der Waals surface area contributed by atoms with Crippen LogP contribution in [0.4, 0.5) is 9.18 Å². The summed E-state index contributed by atoms with van der Waals surface area (Å²) in [5, 5.41) is 3.99. The molecular weight excluding hydrogens is 437 g/mol. The molecule has 0 saturated carbocycles. The summed E-state index contributed by atoms with van der Waals surface area (Å²) in [4.78, 5) is 22.4. The first-order valence-corrected chi connectivity index (χ1v) is 11.1. The Labute approximate surface area is 198 Å². The molecule has 4 rings (SSSR count). The molecule has 1 amide bonds. The Morgan fingerprint density at radius 1 is 1.24 bits per heavy atom. The Hall–Kier alpha value is -3.75. The predicted octanol–water partition coefficient (Wildman–Crippen LogP) is 4.65. The van der Waals surface area contributed by atoms with E-state index < -0.39 is 11.4 Å². The molecule has 3 aromatic rings. The Kier molecular flexibility index (Phi) is 6.63. The summed E-state index contributed by atoms with van der Waals surface area (Å²) >= 11 is 0. The number of halogens is 1. The molecule has 3 heterocycles. The SMILES string of the molecule is CC1CN(C(=O)OC(C)(C)C)CC=C1c1ccc(COc2ccc(-n3cncn3)cc2F)nc1. The number of nitrogens with zero attached hydrogens (tertiary/aromatic N) is 5. The standard InChI is InChI=1S/C25H28FN5O3/c1-17-13-30(24(32)34-25(2,3)4)10-9-21(17)18-5-6-19(28-12-18)14-33-23-8-7-20(11-22(23)26)31-16-27-15-29-31/h5-9,11-12,15-17H,10,13-14H2,1-4H3. The minimum atomic E-state index is -0.519. The summed E-state index contributed by atoms with van der Waals surface area (Å²) < 4.78 is 27.0. The third-order valence-electron chi connectivity index (χ3n) is 5.34. The molecule has 2 aromatic heterocycles.